The fourth-order valence-electron chi connectivity index (χ4n) is 0.954. The summed E-state index contributed by atoms with van der Waals surface area (Å²) in [6.45, 7) is 3.10. The molecule has 1 aromatic heterocycles. The van der Waals surface area contributed by atoms with Gasteiger partial charge in [0.05, 0.1) is 13.2 Å². The third-order valence-electron chi connectivity index (χ3n) is 1.62. The van der Waals surface area contributed by atoms with Crippen molar-refractivity contribution in [2.24, 2.45) is 0 Å². The second kappa shape index (κ2) is 7.65. The van der Waals surface area contributed by atoms with Crippen molar-refractivity contribution in [3.63, 3.8) is 0 Å². The SMILES string of the molecule is ClCCOCCNCc1sccc1Br. The Bertz CT molecular complexity index is 257. The van der Waals surface area contributed by atoms with Gasteiger partial charge in [0.25, 0.3) is 0 Å². The number of rotatable bonds is 7. The van der Waals surface area contributed by atoms with Gasteiger partial charge in [-0.3, -0.25) is 0 Å². The highest BCUT2D eigenvalue weighted by atomic mass is 79.9. The summed E-state index contributed by atoms with van der Waals surface area (Å²) in [4.78, 5) is 1.32. The molecule has 0 atom stereocenters. The molecule has 14 heavy (non-hydrogen) atoms. The number of nitrogens with one attached hydrogen (secondary N) is 1. The molecule has 1 N–H and O–H groups in total. The summed E-state index contributed by atoms with van der Waals surface area (Å²) in [5.74, 6) is 0.566. The quantitative estimate of drug-likeness (QED) is 0.617. The first-order valence-corrected chi connectivity index (χ1v) is 6.61. The standard InChI is InChI=1S/C9H13BrClNOS/c10-8-1-6-14-9(8)7-12-3-5-13-4-2-11/h1,6,12H,2-5,7H2. The van der Waals surface area contributed by atoms with Gasteiger partial charge < -0.3 is 10.1 Å². The lowest BCUT2D eigenvalue weighted by Gasteiger charge is -2.03. The van der Waals surface area contributed by atoms with Gasteiger partial charge in [0.1, 0.15) is 0 Å². The van der Waals surface area contributed by atoms with Gasteiger partial charge in [-0.1, -0.05) is 0 Å². The lowest BCUT2D eigenvalue weighted by atomic mass is 10.4. The highest BCUT2D eigenvalue weighted by Crippen LogP contribution is 2.21. The van der Waals surface area contributed by atoms with Gasteiger partial charge in [0.2, 0.25) is 0 Å². The fraction of sp³-hybridized carbons (Fsp3) is 0.556. The van der Waals surface area contributed by atoms with Crippen molar-refractivity contribution in [1.29, 1.82) is 0 Å². The van der Waals surface area contributed by atoms with Crippen LogP contribution < -0.4 is 5.32 Å². The molecule has 0 spiro atoms. The van der Waals surface area contributed by atoms with Gasteiger partial charge in [-0.2, -0.15) is 0 Å². The van der Waals surface area contributed by atoms with Crippen LogP contribution in [0.5, 0.6) is 0 Å². The Balaban J connectivity index is 2.02. The maximum atomic E-state index is 5.47. The minimum Gasteiger partial charge on any atom is -0.379 e. The summed E-state index contributed by atoms with van der Waals surface area (Å²) < 4.78 is 6.41. The van der Waals surface area contributed by atoms with Crippen molar-refractivity contribution in [3.8, 4) is 0 Å². The van der Waals surface area contributed by atoms with Crippen LogP contribution in [0, 0.1) is 0 Å². The lowest BCUT2D eigenvalue weighted by Crippen LogP contribution is -2.19. The smallest absolute Gasteiger partial charge is 0.0602 e. The molecule has 0 aliphatic heterocycles. The fourth-order valence-corrected chi connectivity index (χ4v) is 2.53. The zero-order chi connectivity index (χ0) is 10.2. The summed E-state index contributed by atoms with van der Waals surface area (Å²) in [7, 11) is 0. The van der Waals surface area contributed by atoms with E-state index in [0.717, 1.165) is 19.7 Å². The number of halogens is 2. The molecule has 0 unspecified atom stereocenters. The summed E-state index contributed by atoms with van der Waals surface area (Å²) in [6, 6.07) is 2.06. The minimum atomic E-state index is 0.566. The highest BCUT2D eigenvalue weighted by molar-refractivity contribution is 9.10. The maximum Gasteiger partial charge on any atom is 0.0602 e. The monoisotopic (exact) mass is 297 g/mol. The van der Waals surface area contributed by atoms with Crippen LogP contribution in [0.1, 0.15) is 4.88 Å². The van der Waals surface area contributed by atoms with Crippen LogP contribution in [-0.4, -0.2) is 25.6 Å². The van der Waals surface area contributed by atoms with Crippen molar-refractivity contribution in [3.05, 3.63) is 20.8 Å². The van der Waals surface area contributed by atoms with E-state index >= 15 is 0 Å². The Labute approximate surface area is 102 Å². The first-order chi connectivity index (χ1) is 6.84. The molecule has 1 rings (SSSR count). The van der Waals surface area contributed by atoms with E-state index in [1.54, 1.807) is 11.3 Å². The summed E-state index contributed by atoms with van der Waals surface area (Å²) in [6.07, 6.45) is 0. The summed E-state index contributed by atoms with van der Waals surface area (Å²) in [5.41, 5.74) is 0. The van der Waals surface area contributed by atoms with E-state index in [2.05, 4.69) is 32.7 Å². The molecule has 1 heterocycles. The van der Waals surface area contributed by atoms with Crippen molar-refractivity contribution in [1.82, 2.24) is 5.32 Å². The second-order valence-corrected chi connectivity index (χ2v) is 4.90. The average Bonchev–Trinajstić information content (AvgIpc) is 2.58. The van der Waals surface area contributed by atoms with Crippen LogP contribution in [0.15, 0.2) is 15.9 Å². The Morgan fingerprint density at radius 2 is 2.36 bits per heavy atom. The average molecular weight is 299 g/mol. The van der Waals surface area contributed by atoms with E-state index < -0.39 is 0 Å². The van der Waals surface area contributed by atoms with Gasteiger partial charge in [-0.15, -0.1) is 22.9 Å². The van der Waals surface area contributed by atoms with Crippen LogP contribution >= 0.6 is 38.9 Å². The lowest BCUT2D eigenvalue weighted by molar-refractivity contribution is 0.151. The van der Waals surface area contributed by atoms with E-state index in [9.17, 15) is 0 Å². The van der Waals surface area contributed by atoms with Crippen LogP contribution in [0.2, 0.25) is 0 Å². The Kier molecular flexibility index (Phi) is 6.81. The van der Waals surface area contributed by atoms with Crippen molar-refractivity contribution < 1.29 is 4.74 Å². The molecule has 1 aromatic rings. The minimum absolute atomic E-state index is 0.566. The molecule has 5 heteroatoms. The molecule has 0 fully saturated rings. The molecular formula is C9H13BrClNOS. The number of hydrogen-bond donors (Lipinski definition) is 1. The number of alkyl halides is 1. The van der Waals surface area contributed by atoms with Gasteiger partial charge >= 0.3 is 0 Å². The van der Waals surface area contributed by atoms with Crippen LogP contribution in [0.4, 0.5) is 0 Å². The molecule has 0 amide bonds. The molecule has 0 aliphatic carbocycles. The van der Waals surface area contributed by atoms with Crippen molar-refractivity contribution in [2.45, 2.75) is 6.54 Å². The zero-order valence-corrected chi connectivity index (χ0v) is 10.9. The van der Waals surface area contributed by atoms with Crippen LogP contribution in [0.3, 0.4) is 0 Å². The first-order valence-electron chi connectivity index (χ1n) is 4.41. The van der Waals surface area contributed by atoms with Gasteiger partial charge in [-0.05, 0) is 27.4 Å². The molecule has 0 aromatic carbocycles. The second-order valence-electron chi connectivity index (χ2n) is 2.67. The molecule has 80 valence electrons. The predicted octanol–water partition coefficient (Wildman–Crippen LogP) is 2.86. The summed E-state index contributed by atoms with van der Waals surface area (Å²) >= 11 is 10.7. The molecule has 0 bridgehead atoms. The largest absolute Gasteiger partial charge is 0.379 e. The van der Waals surface area contributed by atoms with E-state index in [1.165, 1.54) is 9.35 Å². The van der Waals surface area contributed by atoms with E-state index in [4.69, 9.17) is 16.3 Å². The van der Waals surface area contributed by atoms with Crippen LogP contribution in [-0.2, 0) is 11.3 Å². The Morgan fingerprint density at radius 3 is 3.00 bits per heavy atom. The maximum absolute atomic E-state index is 5.47. The molecule has 0 radical (unpaired) electrons. The predicted molar refractivity (Wildman–Crippen MR) is 65.3 cm³/mol. The Hall–Kier alpha value is 0.390. The third kappa shape index (κ3) is 4.75. The van der Waals surface area contributed by atoms with E-state index in [1.807, 2.05) is 0 Å². The molecule has 0 saturated heterocycles. The molecule has 2 nitrogen and oxygen atoms in total. The molecular weight excluding hydrogens is 286 g/mol. The van der Waals surface area contributed by atoms with Gasteiger partial charge in [0, 0.05) is 28.3 Å². The van der Waals surface area contributed by atoms with Crippen LogP contribution in [0.25, 0.3) is 0 Å². The van der Waals surface area contributed by atoms with Crippen molar-refractivity contribution >= 4 is 38.9 Å². The highest BCUT2D eigenvalue weighted by Gasteiger charge is 1.99. The number of thiophene rings is 1. The van der Waals surface area contributed by atoms with Gasteiger partial charge in [0.15, 0.2) is 0 Å². The topological polar surface area (TPSA) is 21.3 Å². The number of hydrogen-bond acceptors (Lipinski definition) is 3. The molecule has 0 saturated carbocycles. The van der Waals surface area contributed by atoms with E-state index in [0.29, 0.717) is 12.5 Å². The normalized spacial score (nSPS) is 10.7. The number of ether oxygens (including phenoxy) is 1. The van der Waals surface area contributed by atoms with E-state index in [-0.39, 0.29) is 0 Å². The Morgan fingerprint density at radius 1 is 1.50 bits per heavy atom. The summed E-state index contributed by atoms with van der Waals surface area (Å²) in [5, 5.41) is 5.37. The van der Waals surface area contributed by atoms with Crippen molar-refractivity contribution in [2.75, 3.05) is 25.6 Å². The van der Waals surface area contributed by atoms with Gasteiger partial charge in [-0.25, -0.2) is 0 Å². The third-order valence-corrected chi connectivity index (χ3v) is 3.70. The first kappa shape index (κ1) is 12.5. The molecule has 0 aliphatic rings. The zero-order valence-electron chi connectivity index (χ0n) is 7.76.